The van der Waals surface area contributed by atoms with E-state index in [4.69, 9.17) is 19.1 Å². The van der Waals surface area contributed by atoms with Gasteiger partial charge in [0.1, 0.15) is 24.4 Å². The molecule has 0 aliphatic carbocycles. The molecule has 0 aromatic rings. The second kappa shape index (κ2) is 7.09. The van der Waals surface area contributed by atoms with Gasteiger partial charge in [-0.05, 0) is 5.92 Å². The van der Waals surface area contributed by atoms with Crippen LogP contribution >= 0.6 is 0 Å². The molecule has 0 bridgehead atoms. The Kier molecular flexibility index (Phi) is 6.28. The Morgan fingerprint density at radius 2 is 1.85 bits per heavy atom. The van der Waals surface area contributed by atoms with Crippen LogP contribution in [-0.4, -0.2) is 72.2 Å². The molecule has 1 saturated heterocycles. The topological polar surface area (TPSA) is 143 Å². The molecule has 120 valence electrons. The van der Waals surface area contributed by atoms with Gasteiger partial charge in [-0.2, -0.15) is 8.42 Å². The van der Waals surface area contributed by atoms with Gasteiger partial charge in [0.15, 0.2) is 6.29 Å². The summed E-state index contributed by atoms with van der Waals surface area (Å²) in [4.78, 5) is 0. The standard InChI is InChI=1S/C10H20O9S/c1-5(2)4-17-10-8(13)9(19-20(14,15)16)7(12)6(3-11)18-10/h5-13H,3-4H2,1-2H3,(H,14,15,16)/t6-,7+,8-,9+,10-/m1/s1. The summed E-state index contributed by atoms with van der Waals surface area (Å²) in [6.45, 7) is 3.26. The zero-order chi connectivity index (χ0) is 15.5. The Morgan fingerprint density at radius 1 is 1.25 bits per heavy atom. The first-order valence-electron chi connectivity index (χ1n) is 6.05. The Hall–Kier alpha value is -0.330. The lowest BCUT2D eigenvalue weighted by Gasteiger charge is -2.40. The lowest BCUT2D eigenvalue weighted by atomic mass is 9.99. The van der Waals surface area contributed by atoms with Crippen LogP contribution in [0, 0.1) is 5.92 Å². The van der Waals surface area contributed by atoms with Crippen LogP contribution in [0.25, 0.3) is 0 Å². The van der Waals surface area contributed by atoms with Gasteiger partial charge in [0, 0.05) is 0 Å². The second-order valence-electron chi connectivity index (χ2n) is 4.92. The van der Waals surface area contributed by atoms with Gasteiger partial charge >= 0.3 is 10.4 Å². The number of aliphatic hydroxyl groups is 3. The zero-order valence-electron chi connectivity index (χ0n) is 11.1. The highest BCUT2D eigenvalue weighted by Crippen LogP contribution is 2.25. The summed E-state index contributed by atoms with van der Waals surface area (Å²) in [7, 11) is -4.89. The minimum Gasteiger partial charge on any atom is -0.394 e. The highest BCUT2D eigenvalue weighted by atomic mass is 32.3. The molecule has 0 aromatic carbocycles. The first-order valence-corrected chi connectivity index (χ1v) is 7.42. The van der Waals surface area contributed by atoms with Crippen molar-refractivity contribution in [3.63, 3.8) is 0 Å². The van der Waals surface area contributed by atoms with E-state index >= 15 is 0 Å². The van der Waals surface area contributed by atoms with Crippen molar-refractivity contribution in [3.8, 4) is 0 Å². The summed E-state index contributed by atoms with van der Waals surface area (Å²) in [6.07, 6.45) is -7.48. The maximum absolute atomic E-state index is 10.7. The molecule has 4 N–H and O–H groups in total. The second-order valence-corrected chi connectivity index (χ2v) is 5.97. The van der Waals surface area contributed by atoms with E-state index in [1.54, 1.807) is 0 Å². The summed E-state index contributed by atoms with van der Waals surface area (Å²) in [5, 5.41) is 28.7. The summed E-state index contributed by atoms with van der Waals surface area (Å²) in [5.41, 5.74) is 0. The van der Waals surface area contributed by atoms with Crippen molar-refractivity contribution in [2.45, 2.75) is 44.6 Å². The van der Waals surface area contributed by atoms with Crippen LogP contribution in [0.1, 0.15) is 13.8 Å². The zero-order valence-corrected chi connectivity index (χ0v) is 11.9. The van der Waals surface area contributed by atoms with Gasteiger partial charge in [0.2, 0.25) is 0 Å². The van der Waals surface area contributed by atoms with Crippen LogP contribution in [0.4, 0.5) is 0 Å². The van der Waals surface area contributed by atoms with Gasteiger partial charge in [0.25, 0.3) is 0 Å². The summed E-state index contributed by atoms with van der Waals surface area (Å²) in [6, 6.07) is 0. The van der Waals surface area contributed by atoms with Gasteiger partial charge in [-0.25, -0.2) is 4.18 Å². The Morgan fingerprint density at radius 3 is 2.30 bits per heavy atom. The van der Waals surface area contributed by atoms with Gasteiger partial charge in [-0.15, -0.1) is 0 Å². The fourth-order valence-corrected chi connectivity index (χ4v) is 2.24. The van der Waals surface area contributed by atoms with E-state index in [1.165, 1.54) is 0 Å². The normalized spacial score (nSPS) is 35.5. The molecule has 1 fully saturated rings. The Balaban J connectivity index is 2.84. The van der Waals surface area contributed by atoms with Crippen LogP contribution in [0.2, 0.25) is 0 Å². The monoisotopic (exact) mass is 316 g/mol. The van der Waals surface area contributed by atoms with Crippen LogP contribution < -0.4 is 0 Å². The van der Waals surface area contributed by atoms with Crippen LogP contribution in [0.5, 0.6) is 0 Å². The first kappa shape index (κ1) is 17.7. The van der Waals surface area contributed by atoms with Crippen LogP contribution in [0.15, 0.2) is 0 Å². The van der Waals surface area contributed by atoms with Crippen molar-refractivity contribution in [3.05, 3.63) is 0 Å². The molecule has 0 unspecified atom stereocenters. The molecule has 20 heavy (non-hydrogen) atoms. The molecule has 1 heterocycles. The fourth-order valence-electron chi connectivity index (χ4n) is 1.73. The van der Waals surface area contributed by atoms with E-state index in [0.717, 1.165) is 0 Å². The fraction of sp³-hybridized carbons (Fsp3) is 1.00. The van der Waals surface area contributed by atoms with E-state index in [-0.39, 0.29) is 12.5 Å². The highest BCUT2D eigenvalue weighted by Gasteiger charge is 2.47. The Labute approximate surface area is 117 Å². The van der Waals surface area contributed by atoms with E-state index in [2.05, 4.69) is 4.18 Å². The smallest absolute Gasteiger partial charge is 0.394 e. The van der Waals surface area contributed by atoms with Crippen LogP contribution in [0.3, 0.4) is 0 Å². The van der Waals surface area contributed by atoms with Gasteiger partial charge in [-0.3, -0.25) is 4.55 Å². The molecule has 0 radical (unpaired) electrons. The molecule has 0 aromatic heterocycles. The van der Waals surface area contributed by atoms with Gasteiger partial charge in [-0.1, -0.05) is 13.8 Å². The molecule has 1 aliphatic heterocycles. The lowest BCUT2D eigenvalue weighted by molar-refractivity contribution is -0.298. The third kappa shape index (κ3) is 4.90. The number of hydrogen-bond donors (Lipinski definition) is 4. The summed E-state index contributed by atoms with van der Waals surface area (Å²) < 4.78 is 44.7. The minimum atomic E-state index is -4.89. The first-order chi connectivity index (χ1) is 9.15. The lowest BCUT2D eigenvalue weighted by Crippen LogP contribution is -2.60. The van der Waals surface area contributed by atoms with Crippen molar-refractivity contribution in [2.75, 3.05) is 13.2 Å². The maximum Gasteiger partial charge on any atom is 0.397 e. The molecule has 5 atom stereocenters. The van der Waals surface area contributed by atoms with Crippen molar-refractivity contribution in [1.82, 2.24) is 0 Å². The molecule has 0 saturated carbocycles. The predicted octanol–water partition coefficient (Wildman–Crippen LogP) is -1.71. The minimum absolute atomic E-state index is 0.117. The number of hydrogen-bond acceptors (Lipinski definition) is 8. The number of aliphatic hydroxyl groups excluding tert-OH is 3. The molecule has 1 rings (SSSR count). The summed E-state index contributed by atoms with van der Waals surface area (Å²) >= 11 is 0. The molecule has 9 nitrogen and oxygen atoms in total. The Bertz CT molecular complexity index is 396. The van der Waals surface area contributed by atoms with Crippen molar-refractivity contribution >= 4 is 10.4 Å². The average Bonchev–Trinajstić information content (AvgIpc) is 2.32. The average molecular weight is 316 g/mol. The molecule has 10 heteroatoms. The molecular weight excluding hydrogens is 296 g/mol. The number of ether oxygens (including phenoxy) is 2. The van der Waals surface area contributed by atoms with Crippen molar-refractivity contribution in [2.24, 2.45) is 5.92 Å². The largest absolute Gasteiger partial charge is 0.397 e. The quantitative estimate of drug-likeness (QED) is 0.421. The van der Waals surface area contributed by atoms with Crippen molar-refractivity contribution < 1.29 is 41.9 Å². The molecule has 0 spiro atoms. The van der Waals surface area contributed by atoms with Crippen molar-refractivity contribution in [1.29, 1.82) is 0 Å². The highest BCUT2D eigenvalue weighted by molar-refractivity contribution is 7.80. The van der Waals surface area contributed by atoms with Gasteiger partial charge < -0.3 is 24.8 Å². The third-order valence-corrected chi connectivity index (χ3v) is 3.11. The maximum atomic E-state index is 10.7. The number of rotatable bonds is 6. The third-order valence-electron chi connectivity index (χ3n) is 2.65. The molecule has 0 amide bonds. The van der Waals surface area contributed by atoms with Crippen LogP contribution in [-0.2, 0) is 24.1 Å². The molecular formula is C10H20O9S. The SMILES string of the molecule is CC(C)CO[C@@H]1O[C@H](CO)[C@H](O)[C@H](OS(=O)(=O)O)[C@H]1O. The van der Waals surface area contributed by atoms with E-state index in [1.807, 2.05) is 13.8 Å². The summed E-state index contributed by atoms with van der Waals surface area (Å²) in [5.74, 6) is 0.117. The van der Waals surface area contributed by atoms with E-state index in [9.17, 15) is 18.6 Å². The predicted molar refractivity (Wildman–Crippen MR) is 65.0 cm³/mol. The van der Waals surface area contributed by atoms with E-state index in [0.29, 0.717) is 0 Å². The molecule has 1 aliphatic rings. The van der Waals surface area contributed by atoms with Gasteiger partial charge in [0.05, 0.1) is 13.2 Å². The van der Waals surface area contributed by atoms with E-state index < -0.39 is 47.7 Å².